The molecule has 1 N–H and O–H groups in total. The molecule has 0 aliphatic heterocycles. The largest absolute Gasteiger partial charge is 0.496 e. The summed E-state index contributed by atoms with van der Waals surface area (Å²) in [6, 6.07) is 2.32. The summed E-state index contributed by atoms with van der Waals surface area (Å²) in [7, 11) is 3.67. The molecule has 0 saturated carbocycles. The molecule has 0 saturated heterocycles. The van der Waals surface area contributed by atoms with Crippen molar-refractivity contribution in [2.75, 3.05) is 14.2 Å². The van der Waals surface area contributed by atoms with Crippen molar-refractivity contribution in [1.29, 1.82) is 0 Å². The van der Waals surface area contributed by atoms with Crippen molar-refractivity contribution >= 4 is 11.3 Å². The van der Waals surface area contributed by atoms with Crippen LogP contribution in [0.4, 0.5) is 0 Å². The fourth-order valence-corrected chi connectivity index (χ4v) is 2.38. The summed E-state index contributed by atoms with van der Waals surface area (Å²) in [5.41, 5.74) is 1.18. The van der Waals surface area contributed by atoms with Gasteiger partial charge in [0.25, 0.3) is 0 Å². The van der Waals surface area contributed by atoms with Crippen molar-refractivity contribution in [2.45, 2.75) is 19.4 Å². The lowest BCUT2D eigenvalue weighted by atomic mass is 10.1. The third-order valence-electron chi connectivity index (χ3n) is 2.09. The maximum atomic E-state index is 5.29. The van der Waals surface area contributed by atoms with Gasteiger partial charge in [-0.1, -0.05) is 5.57 Å². The van der Waals surface area contributed by atoms with Crippen LogP contribution >= 0.6 is 11.3 Å². The molecule has 0 radical (unpaired) electrons. The van der Waals surface area contributed by atoms with E-state index in [9.17, 15) is 0 Å². The van der Waals surface area contributed by atoms with Crippen LogP contribution in [-0.2, 0) is 0 Å². The molecular weight excluding hydrogens is 194 g/mol. The topological polar surface area (TPSA) is 21.3 Å². The molecule has 0 aliphatic rings. The maximum absolute atomic E-state index is 5.29. The zero-order chi connectivity index (χ0) is 10.6. The normalized spacial score (nSPS) is 12.5. The van der Waals surface area contributed by atoms with Crippen LogP contribution in [0.3, 0.4) is 0 Å². The van der Waals surface area contributed by atoms with Gasteiger partial charge < -0.3 is 10.1 Å². The number of rotatable bonds is 5. The minimum absolute atomic E-state index is 0.322. The van der Waals surface area contributed by atoms with E-state index in [1.165, 1.54) is 10.5 Å². The molecule has 1 rings (SSSR count). The average molecular weight is 211 g/mol. The monoisotopic (exact) mass is 211 g/mol. The SMILES string of the molecule is C=C(C)CC(NC)c1sccc1OC. The molecule has 14 heavy (non-hydrogen) atoms. The highest BCUT2D eigenvalue weighted by atomic mass is 32.1. The number of thiophene rings is 1. The van der Waals surface area contributed by atoms with Crippen LogP contribution in [0.15, 0.2) is 23.6 Å². The Morgan fingerprint density at radius 2 is 2.43 bits per heavy atom. The van der Waals surface area contributed by atoms with E-state index in [0.29, 0.717) is 6.04 Å². The van der Waals surface area contributed by atoms with Crippen molar-refractivity contribution < 1.29 is 4.74 Å². The third kappa shape index (κ3) is 2.59. The summed E-state index contributed by atoms with van der Waals surface area (Å²) >= 11 is 1.72. The molecular formula is C11H17NOS. The molecule has 1 heterocycles. The molecule has 0 aromatic carbocycles. The Morgan fingerprint density at radius 1 is 1.71 bits per heavy atom. The summed E-state index contributed by atoms with van der Waals surface area (Å²) in [6.45, 7) is 5.98. The lowest BCUT2D eigenvalue weighted by molar-refractivity contribution is 0.405. The van der Waals surface area contributed by atoms with Crippen molar-refractivity contribution in [3.8, 4) is 5.75 Å². The lowest BCUT2D eigenvalue weighted by Gasteiger charge is -2.15. The van der Waals surface area contributed by atoms with Gasteiger partial charge in [-0.15, -0.1) is 17.9 Å². The molecule has 0 amide bonds. The van der Waals surface area contributed by atoms with Gasteiger partial charge in [0.1, 0.15) is 5.75 Å². The standard InChI is InChI=1S/C11H17NOS/c1-8(2)7-9(12-3)11-10(13-4)5-6-14-11/h5-6,9,12H,1,7H2,2-4H3. The Balaban J connectivity index is 2.82. The lowest BCUT2D eigenvalue weighted by Crippen LogP contribution is -2.15. The van der Waals surface area contributed by atoms with E-state index in [2.05, 4.69) is 17.3 Å². The van der Waals surface area contributed by atoms with E-state index >= 15 is 0 Å². The highest BCUT2D eigenvalue weighted by molar-refractivity contribution is 7.10. The van der Waals surface area contributed by atoms with Crippen LogP contribution in [0.1, 0.15) is 24.3 Å². The van der Waals surface area contributed by atoms with Crippen molar-refractivity contribution in [2.24, 2.45) is 0 Å². The molecule has 0 bridgehead atoms. The van der Waals surface area contributed by atoms with Gasteiger partial charge in [0.15, 0.2) is 0 Å². The van der Waals surface area contributed by atoms with Gasteiger partial charge >= 0.3 is 0 Å². The molecule has 1 aromatic rings. The first-order valence-electron chi connectivity index (χ1n) is 4.62. The Hall–Kier alpha value is -0.800. The van der Waals surface area contributed by atoms with Gasteiger partial charge in [0, 0.05) is 6.04 Å². The fraction of sp³-hybridized carbons (Fsp3) is 0.455. The predicted octanol–water partition coefficient (Wildman–Crippen LogP) is 2.98. The van der Waals surface area contributed by atoms with Crippen LogP contribution in [0, 0.1) is 0 Å². The summed E-state index contributed by atoms with van der Waals surface area (Å²) in [5, 5.41) is 5.33. The first-order valence-corrected chi connectivity index (χ1v) is 5.50. The maximum Gasteiger partial charge on any atom is 0.134 e. The minimum Gasteiger partial charge on any atom is -0.496 e. The number of hydrogen-bond donors (Lipinski definition) is 1. The van der Waals surface area contributed by atoms with E-state index in [4.69, 9.17) is 4.74 Å². The molecule has 1 unspecified atom stereocenters. The van der Waals surface area contributed by atoms with Gasteiger partial charge in [0.2, 0.25) is 0 Å². The number of methoxy groups -OCH3 is 1. The Labute approximate surface area is 89.6 Å². The molecule has 3 heteroatoms. The van der Waals surface area contributed by atoms with E-state index in [0.717, 1.165) is 12.2 Å². The summed E-state index contributed by atoms with van der Waals surface area (Å²) < 4.78 is 5.29. The van der Waals surface area contributed by atoms with E-state index in [-0.39, 0.29) is 0 Å². The second kappa shape index (κ2) is 5.17. The predicted molar refractivity (Wildman–Crippen MR) is 62.1 cm³/mol. The van der Waals surface area contributed by atoms with Crippen LogP contribution in [-0.4, -0.2) is 14.2 Å². The fourth-order valence-electron chi connectivity index (χ4n) is 1.41. The quantitative estimate of drug-likeness (QED) is 0.756. The van der Waals surface area contributed by atoms with Gasteiger partial charge in [-0.25, -0.2) is 0 Å². The van der Waals surface area contributed by atoms with Gasteiger partial charge in [-0.2, -0.15) is 0 Å². The Bertz CT molecular complexity index is 306. The van der Waals surface area contributed by atoms with Crippen LogP contribution in [0.5, 0.6) is 5.75 Å². The molecule has 1 atom stereocenters. The third-order valence-corrected chi connectivity index (χ3v) is 3.11. The van der Waals surface area contributed by atoms with E-state index < -0.39 is 0 Å². The number of ether oxygens (including phenoxy) is 1. The molecule has 78 valence electrons. The molecule has 0 fully saturated rings. The molecule has 1 aromatic heterocycles. The smallest absolute Gasteiger partial charge is 0.134 e. The zero-order valence-corrected chi connectivity index (χ0v) is 9.78. The molecule has 2 nitrogen and oxygen atoms in total. The molecule has 0 aliphatic carbocycles. The van der Waals surface area contributed by atoms with E-state index in [1.54, 1.807) is 18.4 Å². The zero-order valence-electron chi connectivity index (χ0n) is 8.96. The Morgan fingerprint density at radius 3 is 2.93 bits per heavy atom. The summed E-state index contributed by atoms with van der Waals surface area (Å²) in [6.07, 6.45) is 0.952. The van der Waals surface area contributed by atoms with Crippen molar-refractivity contribution in [1.82, 2.24) is 5.32 Å². The first-order chi connectivity index (χ1) is 6.69. The first kappa shape index (κ1) is 11.3. The molecule has 0 spiro atoms. The second-order valence-electron chi connectivity index (χ2n) is 3.36. The van der Waals surface area contributed by atoms with Crippen molar-refractivity contribution in [3.63, 3.8) is 0 Å². The van der Waals surface area contributed by atoms with Crippen LogP contribution < -0.4 is 10.1 Å². The summed E-state index contributed by atoms with van der Waals surface area (Å²) in [4.78, 5) is 1.25. The number of hydrogen-bond acceptors (Lipinski definition) is 3. The van der Waals surface area contributed by atoms with Gasteiger partial charge in [-0.3, -0.25) is 0 Å². The second-order valence-corrected chi connectivity index (χ2v) is 4.30. The van der Waals surface area contributed by atoms with Crippen LogP contribution in [0.2, 0.25) is 0 Å². The van der Waals surface area contributed by atoms with E-state index in [1.807, 2.05) is 20.0 Å². The highest BCUT2D eigenvalue weighted by Crippen LogP contribution is 2.33. The number of nitrogens with one attached hydrogen (secondary N) is 1. The van der Waals surface area contributed by atoms with Gasteiger partial charge in [-0.05, 0) is 31.8 Å². The Kier molecular flexibility index (Phi) is 4.17. The summed E-state index contributed by atoms with van der Waals surface area (Å²) in [5.74, 6) is 0.968. The van der Waals surface area contributed by atoms with Crippen molar-refractivity contribution in [3.05, 3.63) is 28.5 Å². The van der Waals surface area contributed by atoms with Crippen LogP contribution in [0.25, 0.3) is 0 Å². The average Bonchev–Trinajstić information content (AvgIpc) is 2.61. The minimum atomic E-state index is 0.322. The van der Waals surface area contributed by atoms with Gasteiger partial charge in [0.05, 0.1) is 12.0 Å². The highest BCUT2D eigenvalue weighted by Gasteiger charge is 2.15.